The third-order valence-corrected chi connectivity index (χ3v) is 7.85. The summed E-state index contributed by atoms with van der Waals surface area (Å²) >= 11 is 0. The van der Waals surface area contributed by atoms with E-state index in [0.717, 1.165) is 24.3 Å². The van der Waals surface area contributed by atoms with Gasteiger partial charge in [-0.15, -0.1) is 0 Å². The van der Waals surface area contributed by atoms with Crippen molar-refractivity contribution in [2.24, 2.45) is 5.41 Å². The van der Waals surface area contributed by atoms with Gasteiger partial charge in [-0.1, -0.05) is 6.07 Å². The van der Waals surface area contributed by atoms with Gasteiger partial charge in [-0.3, -0.25) is 4.39 Å². The summed E-state index contributed by atoms with van der Waals surface area (Å²) in [5.74, 6) is -7.11. The molecule has 0 aliphatic heterocycles. The van der Waals surface area contributed by atoms with E-state index in [2.05, 4.69) is 15.0 Å². The zero-order valence-corrected chi connectivity index (χ0v) is 23.6. The minimum atomic E-state index is -1.39. The number of alkyl halides is 1. The van der Waals surface area contributed by atoms with Crippen molar-refractivity contribution in [2.45, 2.75) is 32.4 Å². The zero-order valence-electron chi connectivity index (χ0n) is 23.6. The average molecular weight is 638 g/mol. The molecule has 1 fully saturated rings. The van der Waals surface area contributed by atoms with Gasteiger partial charge >= 0.3 is 5.97 Å². The maximum Gasteiger partial charge on any atom is 0.335 e. The summed E-state index contributed by atoms with van der Waals surface area (Å²) in [4.78, 5) is 23.4. The number of carboxylic acids is 1. The minimum Gasteiger partial charge on any atom is -0.478 e. The Labute approximate surface area is 256 Å². The highest BCUT2D eigenvalue weighted by atomic mass is 19.1. The monoisotopic (exact) mass is 637 g/mol. The number of rotatable bonds is 10. The molecule has 3 aromatic carbocycles. The molecule has 14 heteroatoms. The van der Waals surface area contributed by atoms with Gasteiger partial charge < -0.3 is 14.4 Å². The van der Waals surface area contributed by atoms with E-state index in [1.54, 1.807) is 6.07 Å². The van der Waals surface area contributed by atoms with E-state index in [9.17, 15) is 27.5 Å². The third kappa shape index (κ3) is 5.83. The van der Waals surface area contributed by atoms with Gasteiger partial charge in [0.2, 0.25) is 5.82 Å². The molecule has 1 aliphatic rings. The van der Waals surface area contributed by atoms with E-state index in [4.69, 9.17) is 10.00 Å². The lowest BCUT2D eigenvalue weighted by molar-refractivity contribution is 0.0696. The quantitative estimate of drug-likeness (QED) is 0.170. The summed E-state index contributed by atoms with van der Waals surface area (Å²) in [5, 5.41) is 18.3. The molecule has 1 N–H and O–H groups in total. The molecular formula is C32H21F6N5O3. The SMILES string of the molecule is N#Cc1ccc(COc2nc(-c3cc(F)c(Cc4nc5c(F)cc(C(=O)O)cc5n4CC4(CF)CC4)cc3F)ncc2F)c(F)c1. The first-order chi connectivity index (χ1) is 22.0. The molecule has 0 bridgehead atoms. The molecule has 2 heterocycles. The van der Waals surface area contributed by atoms with Crippen LogP contribution in [0.2, 0.25) is 0 Å². The number of benzene rings is 3. The van der Waals surface area contributed by atoms with E-state index in [1.807, 2.05) is 0 Å². The molecule has 0 amide bonds. The van der Waals surface area contributed by atoms with Crippen molar-refractivity contribution >= 4 is 17.0 Å². The Morgan fingerprint density at radius 3 is 2.39 bits per heavy atom. The van der Waals surface area contributed by atoms with Crippen molar-refractivity contribution in [3.63, 3.8) is 0 Å². The van der Waals surface area contributed by atoms with Gasteiger partial charge in [0.1, 0.15) is 35.4 Å². The topological polar surface area (TPSA) is 114 Å². The number of fused-ring (bicyclic) bond motifs is 1. The van der Waals surface area contributed by atoms with E-state index in [1.165, 1.54) is 22.8 Å². The van der Waals surface area contributed by atoms with Crippen LogP contribution in [-0.2, 0) is 19.6 Å². The van der Waals surface area contributed by atoms with Gasteiger partial charge in [0.05, 0.1) is 41.1 Å². The van der Waals surface area contributed by atoms with Gasteiger partial charge in [0.15, 0.2) is 11.6 Å². The number of carboxylic acid groups (broad SMARTS) is 1. The van der Waals surface area contributed by atoms with Crippen molar-refractivity contribution in [1.82, 2.24) is 19.5 Å². The average Bonchev–Trinajstić information content (AvgIpc) is 3.73. The van der Waals surface area contributed by atoms with Crippen LogP contribution >= 0.6 is 0 Å². The minimum absolute atomic E-state index is 0.00986. The van der Waals surface area contributed by atoms with Crippen molar-refractivity contribution in [2.75, 3.05) is 6.67 Å². The highest BCUT2D eigenvalue weighted by Gasteiger charge is 2.44. The molecule has 0 atom stereocenters. The second-order valence-corrected chi connectivity index (χ2v) is 11.0. The first-order valence-corrected chi connectivity index (χ1v) is 13.8. The highest BCUT2D eigenvalue weighted by Crippen LogP contribution is 2.48. The molecule has 0 spiro atoms. The standard InChI is InChI=1S/C32H21F6N5O3/c33-14-32(3-4-32)15-43-26-8-19(31(44)45)7-24(37)28(26)41-27(43)9-18-6-23(36)20(10-22(18)35)29-40-12-25(38)30(42-29)46-13-17-2-1-16(11-39)5-21(17)34/h1-2,5-8,10,12H,3-4,9,13-15H2,(H,44,45). The molecule has 46 heavy (non-hydrogen) atoms. The Hall–Kier alpha value is -5.45. The highest BCUT2D eigenvalue weighted by molar-refractivity contribution is 5.92. The lowest BCUT2D eigenvalue weighted by Crippen LogP contribution is -2.16. The predicted molar refractivity (Wildman–Crippen MR) is 150 cm³/mol. The molecule has 1 saturated carbocycles. The number of hydrogen-bond acceptors (Lipinski definition) is 6. The second kappa shape index (κ2) is 11.8. The largest absolute Gasteiger partial charge is 0.478 e. The Balaban J connectivity index is 1.31. The van der Waals surface area contributed by atoms with Gasteiger partial charge in [0, 0.05) is 23.9 Å². The van der Waals surface area contributed by atoms with Crippen LogP contribution in [0.25, 0.3) is 22.4 Å². The number of nitriles is 1. The second-order valence-electron chi connectivity index (χ2n) is 11.0. The van der Waals surface area contributed by atoms with E-state index in [-0.39, 0.29) is 52.1 Å². The van der Waals surface area contributed by atoms with Gasteiger partial charge in [0.25, 0.3) is 5.88 Å². The van der Waals surface area contributed by atoms with Gasteiger partial charge in [-0.25, -0.2) is 32.3 Å². The number of halogens is 6. The summed E-state index contributed by atoms with van der Waals surface area (Å²) in [6.45, 7) is -1.14. The summed E-state index contributed by atoms with van der Waals surface area (Å²) in [6, 6.07) is 8.99. The Bertz CT molecular complexity index is 2070. The fraction of sp³-hybridized carbons (Fsp3) is 0.219. The lowest BCUT2D eigenvalue weighted by Gasteiger charge is -2.16. The van der Waals surface area contributed by atoms with E-state index >= 15 is 8.78 Å². The molecule has 1 aliphatic carbocycles. The molecule has 0 unspecified atom stereocenters. The zero-order chi connectivity index (χ0) is 32.7. The molecule has 2 aromatic heterocycles. The summed E-state index contributed by atoms with van der Waals surface area (Å²) in [5.41, 5.74) is -1.82. The number of imidazole rings is 1. The first-order valence-electron chi connectivity index (χ1n) is 13.8. The van der Waals surface area contributed by atoms with Crippen LogP contribution in [0.1, 0.15) is 45.7 Å². The number of carbonyl (C=O) groups is 1. The van der Waals surface area contributed by atoms with Crippen LogP contribution < -0.4 is 4.74 Å². The normalized spacial score (nSPS) is 13.5. The lowest BCUT2D eigenvalue weighted by atomic mass is 10.1. The fourth-order valence-electron chi connectivity index (χ4n) is 5.04. The maximum atomic E-state index is 15.5. The number of hydrogen-bond donors (Lipinski definition) is 1. The molecule has 6 rings (SSSR count). The van der Waals surface area contributed by atoms with Gasteiger partial charge in [-0.2, -0.15) is 14.6 Å². The number of aromatic nitrogens is 4. The van der Waals surface area contributed by atoms with Crippen LogP contribution in [-0.4, -0.2) is 37.3 Å². The van der Waals surface area contributed by atoms with Crippen LogP contribution in [0.15, 0.2) is 48.7 Å². The molecule has 0 radical (unpaired) electrons. The molecular weight excluding hydrogens is 616 g/mol. The van der Waals surface area contributed by atoms with Crippen LogP contribution in [0.4, 0.5) is 26.3 Å². The van der Waals surface area contributed by atoms with E-state index < -0.39 is 71.0 Å². The molecule has 5 aromatic rings. The molecule has 234 valence electrons. The fourth-order valence-corrected chi connectivity index (χ4v) is 5.04. The van der Waals surface area contributed by atoms with Crippen molar-refractivity contribution in [3.8, 4) is 23.3 Å². The number of aromatic carboxylic acids is 1. The van der Waals surface area contributed by atoms with Crippen LogP contribution in [0.5, 0.6) is 5.88 Å². The van der Waals surface area contributed by atoms with Crippen molar-refractivity contribution in [1.29, 1.82) is 5.26 Å². The summed E-state index contributed by atoms with van der Waals surface area (Å²) < 4.78 is 95.0. The Kier molecular flexibility index (Phi) is 7.85. The first kappa shape index (κ1) is 30.6. The number of nitrogens with zero attached hydrogens (tertiary/aromatic N) is 5. The van der Waals surface area contributed by atoms with E-state index in [0.29, 0.717) is 19.0 Å². The summed E-state index contributed by atoms with van der Waals surface area (Å²) in [6.07, 6.45) is 1.38. The van der Waals surface area contributed by atoms with Gasteiger partial charge in [-0.05, 0) is 54.8 Å². The van der Waals surface area contributed by atoms with Crippen LogP contribution in [0, 0.1) is 45.8 Å². The summed E-state index contributed by atoms with van der Waals surface area (Å²) in [7, 11) is 0. The molecule has 8 nitrogen and oxygen atoms in total. The third-order valence-electron chi connectivity index (χ3n) is 7.85. The molecule has 0 saturated heterocycles. The van der Waals surface area contributed by atoms with Crippen molar-refractivity contribution < 1.29 is 41.0 Å². The Morgan fingerprint density at radius 2 is 1.72 bits per heavy atom. The Morgan fingerprint density at radius 1 is 0.957 bits per heavy atom. The number of ether oxygens (including phenoxy) is 1. The van der Waals surface area contributed by atoms with Crippen LogP contribution in [0.3, 0.4) is 0 Å². The smallest absolute Gasteiger partial charge is 0.335 e. The van der Waals surface area contributed by atoms with Crippen molar-refractivity contribution in [3.05, 3.63) is 106 Å². The predicted octanol–water partition coefficient (Wildman–Crippen LogP) is 6.68. The maximum absolute atomic E-state index is 15.5.